The fourth-order valence-electron chi connectivity index (χ4n) is 2.30. The molecular weight excluding hydrogens is 388 g/mol. The molecule has 0 atom stereocenters. The fraction of sp³-hybridized carbons (Fsp3) is 0.333. The third kappa shape index (κ3) is 6.18. The normalized spacial score (nSPS) is 11.0. The van der Waals surface area contributed by atoms with Gasteiger partial charge in [-0.2, -0.15) is 13.2 Å². The average molecular weight is 407 g/mol. The number of aryl methyl sites for hydroxylation is 1. The number of unbranched alkanes of at least 4 members (excludes halogenated alkanes) is 2. The van der Waals surface area contributed by atoms with Crippen LogP contribution in [0.5, 0.6) is 0 Å². The second-order valence-corrected chi connectivity index (χ2v) is 6.06. The lowest BCUT2D eigenvalue weighted by Gasteiger charge is -2.11. The van der Waals surface area contributed by atoms with Crippen molar-refractivity contribution in [3.05, 3.63) is 58.4 Å². The Kier molecular flexibility index (Phi) is 8.37. The van der Waals surface area contributed by atoms with Crippen molar-refractivity contribution in [3.63, 3.8) is 0 Å². The number of hydrogen-bond acceptors (Lipinski definition) is 2. The van der Waals surface area contributed by atoms with Gasteiger partial charge in [0.05, 0.1) is 10.6 Å². The number of amides is 1. The van der Waals surface area contributed by atoms with Crippen LogP contribution in [0.2, 0.25) is 5.02 Å². The molecule has 0 saturated heterocycles. The van der Waals surface area contributed by atoms with Crippen molar-refractivity contribution >= 4 is 35.6 Å². The van der Waals surface area contributed by atoms with E-state index in [-0.39, 0.29) is 23.8 Å². The molecule has 2 aromatic rings. The topological polar surface area (TPSA) is 42.0 Å². The smallest absolute Gasteiger partial charge is 0.321 e. The quantitative estimate of drug-likeness (QED) is 0.583. The third-order valence-electron chi connectivity index (χ3n) is 3.66. The first-order valence-electron chi connectivity index (χ1n) is 7.94. The van der Waals surface area contributed by atoms with Crippen LogP contribution in [0.15, 0.2) is 36.5 Å². The minimum absolute atomic E-state index is 0. The van der Waals surface area contributed by atoms with Crippen LogP contribution in [0.25, 0.3) is 0 Å². The van der Waals surface area contributed by atoms with Crippen molar-refractivity contribution in [1.29, 1.82) is 0 Å². The van der Waals surface area contributed by atoms with Gasteiger partial charge in [0.25, 0.3) is 5.91 Å². The van der Waals surface area contributed by atoms with Crippen molar-refractivity contribution in [2.45, 2.75) is 38.8 Å². The summed E-state index contributed by atoms with van der Waals surface area (Å²) in [7, 11) is 0. The lowest BCUT2D eigenvalue weighted by atomic mass is 10.1. The molecule has 1 N–H and O–H groups in total. The average Bonchev–Trinajstić information content (AvgIpc) is 2.56. The van der Waals surface area contributed by atoms with Crippen LogP contribution in [-0.4, -0.2) is 10.9 Å². The highest BCUT2D eigenvalue weighted by Gasteiger charge is 2.33. The number of halogens is 5. The maximum Gasteiger partial charge on any atom is 0.417 e. The monoisotopic (exact) mass is 406 g/mol. The van der Waals surface area contributed by atoms with Crippen molar-refractivity contribution < 1.29 is 18.0 Å². The molecule has 0 spiro atoms. The summed E-state index contributed by atoms with van der Waals surface area (Å²) in [5.41, 5.74) is 0.181. The summed E-state index contributed by atoms with van der Waals surface area (Å²) in [6.07, 6.45) is 1.21. The van der Waals surface area contributed by atoms with Crippen LogP contribution in [0, 0.1) is 0 Å². The van der Waals surface area contributed by atoms with E-state index in [0.717, 1.165) is 43.4 Å². The summed E-state index contributed by atoms with van der Waals surface area (Å²) in [5, 5.41) is 1.99. The first kappa shape index (κ1) is 22.3. The van der Waals surface area contributed by atoms with Crippen LogP contribution in [0.3, 0.4) is 0 Å². The summed E-state index contributed by atoms with van der Waals surface area (Å²) in [6, 6.07) is 6.59. The number of aromatic nitrogens is 1. The van der Waals surface area contributed by atoms with Crippen molar-refractivity contribution in [3.8, 4) is 0 Å². The molecule has 1 aromatic heterocycles. The molecule has 8 heteroatoms. The fourth-order valence-corrected chi connectivity index (χ4v) is 2.53. The van der Waals surface area contributed by atoms with Gasteiger partial charge in [0.2, 0.25) is 0 Å². The van der Waals surface area contributed by atoms with Gasteiger partial charge in [-0.25, -0.2) is 0 Å². The molecule has 0 fully saturated rings. The van der Waals surface area contributed by atoms with E-state index in [9.17, 15) is 18.0 Å². The number of carbonyl (C=O) groups excluding carboxylic acids is 1. The Balaban J connectivity index is 0.00000338. The Morgan fingerprint density at radius 2 is 1.92 bits per heavy atom. The highest BCUT2D eigenvalue weighted by molar-refractivity contribution is 6.31. The zero-order chi connectivity index (χ0) is 18.4. The number of nitrogens with one attached hydrogen (secondary N) is 1. The van der Waals surface area contributed by atoms with Gasteiger partial charge in [0.1, 0.15) is 5.69 Å². The Hall–Kier alpha value is -1.79. The molecule has 1 amide bonds. The highest BCUT2D eigenvalue weighted by atomic mass is 35.5. The van der Waals surface area contributed by atoms with E-state index in [4.69, 9.17) is 11.6 Å². The number of alkyl halides is 3. The van der Waals surface area contributed by atoms with Gasteiger partial charge in [-0.15, -0.1) is 12.4 Å². The largest absolute Gasteiger partial charge is 0.417 e. The summed E-state index contributed by atoms with van der Waals surface area (Å²) >= 11 is 5.56. The van der Waals surface area contributed by atoms with Gasteiger partial charge < -0.3 is 5.32 Å². The van der Waals surface area contributed by atoms with E-state index in [1.54, 1.807) is 18.3 Å². The van der Waals surface area contributed by atoms with Gasteiger partial charge in [0.15, 0.2) is 0 Å². The second-order valence-electron chi connectivity index (χ2n) is 5.66. The molecule has 26 heavy (non-hydrogen) atoms. The van der Waals surface area contributed by atoms with Crippen LogP contribution >= 0.6 is 24.0 Å². The van der Waals surface area contributed by atoms with Gasteiger partial charge in [-0.3, -0.25) is 9.78 Å². The van der Waals surface area contributed by atoms with Crippen LogP contribution in [0.1, 0.15) is 47.8 Å². The van der Waals surface area contributed by atoms with E-state index >= 15 is 0 Å². The predicted octanol–water partition coefficient (Wildman–Crippen LogP) is 6.16. The van der Waals surface area contributed by atoms with Crippen molar-refractivity contribution in [2.24, 2.45) is 0 Å². The molecular formula is C18H19Cl2F3N2O. The van der Waals surface area contributed by atoms with Crippen LogP contribution in [0.4, 0.5) is 18.9 Å². The Morgan fingerprint density at radius 3 is 2.50 bits per heavy atom. The number of nitrogens with zero attached hydrogens (tertiary/aromatic N) is 1. The number of pyridine rings is 1. The molecule has 3 nitrogen and oxygen atoms in total. The standard InChI is InChI=1S/C18H18ClF3N2O.ClH/c1-2-3-4-5-12-6-9-16(23-11-12)17(25)24-13-7-8-15(19)14(10-13)18(20,21)22;/h6-11H,2-5H2,1H3,(H,24,25);1H. The first-order chi connectivity index (χ1) is 11.8. The summed E-state index contributed by atoms with van der Waals surface area (Å²) in [4.78, 5) is 16.2. The highest BCUT2D eigenvalue weighted by Crippen LogP contribution is 2.36. The molecule has 1 heterocycles. The van der Waals surface area contributed by atoms with Gasteiger partial charge in [-0.05, 0) is 42.7 Å². The molecule has 142 valence electrons. The van der Waals surface area contributed by atoms with Gasteiger partial charge in [0, 0.05) is 11.9 Å². The summed E-state index contributed by atoms with van der Waals surface area (Å²) in [5.74, 6) is -0.574. The predicted molar refractivity (Wildman–Crippen MR) is 99.1 cm³/mol. The molecule has 0 saturated carbocycles. The van der Waals surface area contributed by atoms with Crippen molar-refractivity contribution in [1.82, 2.24) is 4.98 Å². The van der Waals surface area contributed by atoms with Crippen LogP contribution in [-0.2, 0) is 12.6 Å². The molecule has 0 aliphatic rings. The minimum atomic E-state index is -4.59. The zero-order valence-corrected chi connectivity index (χ0v) is 15.6. The first-order valence-corrected chi connectivity index (χ1v) is 8.32. The summed E-state index contributed by atoms with van der Waals surface area (Å²) in [6.45, 7) is 2.12. The molecule has 2 rings (SSSR count). The molecule has 0 bridgehead atoms. The molecule has 1 aromatic carbocycles. The number of anilines is 1. The van der Waals surface area contributed by atoms with E-state index < -0.39 is 22.7 Å². The maximum atomic E-state index is 12.9. The Bertz CT molecular complexity index is 734. The SMILES string of the molecule is CCCCCc1ccc(C(=O)Nc2ccc(Cl)c(C(F)(F)F)c2)nc1.Cl. The molecule has 0 radical (unpaired) electrons. The lowest BCUT2D eigenvalue weighted by Crippen LogP contribution is -2.15. The van der Waals surface area contributed by atoms with E-state index in [2.05, 4.69) is 17.2 Å². The number of rotatable bonds is 6. The zero-order valence-electron chi connectivity index (χ0n) is 14.1. The van der Waals surface area contributed by atoms with Gasteiger partial charge >= 0.3 is 6.18 Å². The number of benzene rings is 1. The maximum absolute atomic E-state index is 12.9. The number of hydrogen-bond donors (Lipinski definition) is 1. The second kappa shape index (κ2) is 9.78. The minimum Gasteiger partial charge on any atom is -0.321 e. The van der Waals surface area contributed by atoms with Crippen molar-refractivity contribution in [2.75, 3.05) is 5.32 Å². The van der Waals surface area contributed by atoms with E-state index in [1.165, 1.54) is 6.07 Å². The lowest BCUT2D eigenvalue weighted by molar-refractivity contribution is -0.137. The summed E-state index contributed by atoms with van der Waals surface area (Å²) < 4.78 is 38.6. The Morgan fingerprint density at radius 1 is 1.19 bits per heavy atom. The molecule has 0 aliphatic heterocycles. The molecule has 0 aliphatic carbocycles. The Labute approximate surface area is 161 Å². The van der Waals surface area contributed by atoms with E-state index in [0.29, 0.717) is 0 Å². The van der Waals surface area contributed by atoms with E-state index in [1.807, 2.05) is 0 Å². The van der Waals surface area contributed by atoms with Gasteiger partial charge in [-0.1, -0.05) is 37.4 Å². The third-order valence-corrected chi connectivity index (χ3v) is 3.99. The number of carbonyl (C=O) groups is 1. The molecule has 0 unspecified atom stereocenters. The van der Waals surface area contributed by atoms with Crippen LogP contribution < -0.4 is 5.32 Å².